The molecule has 0 N–H and O–H groups in total. The number of rotatable bonds is 9. The van der Waals surface area contributed by atoms with Gasteiger partial charge in [0.05, 0.1) is 24.2 Å². The van der Waals surface area contributed by atoms with Crippen molar-refractivity contribution >= 4 is 17.5 Å². The SMILES string of the molecule is C=CCn1c(SC(CC)C(=O)c2ccc(OC)cc2)nnc1-c1ccoc1C. The minimum Gasteiger partial charge on any atom is -0.497 e. The van der Waals surface area contributed by atoms with Crippen LogP contribution in [0.1, 0.15) is 29.5 Å². The maximum Gasteiger partial charge on any atom is 0.192 e. The fraction of sp³-hybridized carbons (Fsp3) is 0.286. The van der Waals surface area contributed by atoms with Gasteiger partial charge in [-0.1, -0.05) is 24.8 Å². The lowest BCUT2D eigenvalue weighted by molar-refractivity contribution is 0.0988. The summed E-state index contributed by atoms with van der Waals surface area (Å²) in [6, 6.07) is 9.04. The number of carbonyl (C=O) groups excluding carboxylic acids is 1. The predicted molar refractivity (Wildman–Crippen MR) is 110 cm³/mol. The van der Waals surface area contributed by atoms with Crippen LogP contribution in [0.15, 0.2) is 58.8 Å². The number of methoxy groups -OCH3 is 1. The summed E-state index contributed by atoms with van der Waals surface area (Å²) in [5.74, 6) is 2.27. The van der Waals surface area contributed by atoms with Crippen LogP contribution in [0.3, 0.4) is 0 Å². The second-order valence-electron chi connectivity index (χ2n) is 6.20. The van der Waals surface area contributed by atoms with Crippen LogP contribution in [0.2, 0.25) is 0 Å². The van der Waals surface area contributed by atoms with Crippen LogP contribution in [0.4, 0.5) is 0 Å². The normalized spacial score (nSPS) is 12.0. The summed E-state index contributed by atoms with van der Waals surface area (Å²) in [5, 5.41) is 9.09. The Morgan fingerprint density at radius 2 is 2.07 bits per heavy atom. The van der Waals surface area contributed by atoms with Crippen LogP contribution < -0.4 is 4.74 Å². The van der Waals surface area contributed by atoms with E-state index in [0.717, 1.165) is 17.1 Å². The third kappa shape index (κ3) is 4.04. The van der Waals surface area contributed by atoms with E-state index in [-0.39, 0.29) is 11.0 Å². The molecule has 0 aliphatic carbocycles. The Balaban J connectivity index is 1.88. The van der Waals surface area contributed by atoms with Crippen molar-refractivity contribution in [3.8, 4) is 17.1 Å². The number of furan rings is 1. The summed E-state index contributed by atoms with van der Waals surface area (Å²) >= 11 is 1.42. The van der Waals surface area contributed by atoms with Gasteiger partial charge in [0.2, 0.25) is 0 Å². The van der Waals surface area contributed by atoms with Gasteiger partial charge in [-0.05, 0) is 43.7 Å². The van der Waals surface area contributed by atoms with Crippen LogP contribution >= 0.6 is 11.8 Å². The van der Waals surface area contributed by atoms with Crippen molar-refractivity contribution in [3.63, 3.8) is 0 Å². The highest BCUT2D eigenvalue weighted by atomic mass is 32.2. The zero-order chi connectivity index (χ0) is 20.1. The molecular weight excluding hydrogens is 374 g/mol. The lowest BCUT2D eigenvalue weighted by Crippen LogP contribution is -2.17. The number of aryl methyl sites for hydroxylation is 1. The summed E-state index contributed by atoms with van der Waals surface area (Å²) in [5.41, 5.74) is 1.54. The van der Waals surface area contributed by atoms with Gasteiger partial charge < -0.3 is 9.15 Å². The van der Waals surface area contributed by atoms with Crippen LogP contribution in [0.25, 0.3) is 11.4 Å². The second kappa shape index (κ2) is 8.93. The third-order valence-electron chi connectivity index (χ3n) is 4.41. The van der Waals surface area contributed by atoms with Crippen molar-refractivity contribution < 1.29 is 13.9 Å². The Hall–Kier alpha value is -2.80. The summed E-state index contributed by atoms with van der Waals surface area (Å²) in [7, 11) is 1.60. The molecule has 0 saturated heterocycles. The number of aromatic nitrogens is 3. The molecule has 1 unspecified atom stereocenters. The topological polar surface area (TPSA) is 70.2 Å². The molecule has 146 valence electrons. The molecule has 3 aromatic rings. The van der Waals surface area contributed by atoms with E-state index >= 15 is 0 Å². The number of ether oxygens (including phenoxy) is 1. The molecule has 0 aliphatic heterocycles. The molecule has 0 amide bonds. The molecule has 28 heavy (non-hydrogen) atoms. The van der Waals surface area contributed by atoms with Gasteiger partial charge in [0, 0.05) is 12.1 Å². The van der Waals surface area contributed by atoms with E-state index in [9.17, 15) is 4.79 Å². The van der Waals surface area contributed by atoms with Gasteiger partial charge in [0.1, 0.15) is 11.5 Å². The standard InChI is InChI=1S/C21H23N3O3S/c1-5-12-24-20(17-11-13-27-14(17)3)22-23-21(24)28-18(6-2)19(25)15-7-9-16(26-4)10-8-15/h5,7-11,13,18H,1,6,12H2,2-4H3. The van der Waals surface area contributed by atoms with Gasteiger partial charge in [-0.25, -0.2) is 0 Å². The second-order valence-corrected chi connectivity index (χ2v) is 7.37. The van der Waals surface area contributed by atoms with Crippen molar-refractivity contribution in [2.75, 3.05) is 7.11 Å². The van der Waals surface area contributed by atoms with Crippen molar-refractivity contribution in [2.24, 2.45) is 0 Å². The molecule has 7 heteroatoms. The summed E-state index contributed by atoms with van der Waals surface area (Å²) in [4.78, 5) is 13.0. The van der Waals surface area contributed by atoms with E-state index in [1.165, 1.54) is 11.8 Å². The smallest absolute Gasteiger partial charge is 0.192 e. The molecule has 6 nitrogen and oxygen atoms in total. The molecule has 0 fully saturated rings. The van der Waals surface area contributed by atoms with Gasteiger partial charge in [0.25, 0.3) is 0 Å². The fourth-order valence-corrected chi connectivity index (χ4v) is 3.92. The van der Waals surface area contributed by atoms with E-state index in [4.69, 9.17) is 9.15 Å². The first-order valence-corrected chi connectivity index (χ1v) is 9.90. The van der Waals surface area contributed by atoms with Crippen LogP contribution in [-0.4, -0.2) is 32.9 Å². The Morgan fingerprint density at radius 3 is 2.64 bits per heavy atom. The van der Waals surface area contributed by atoms with Crippen molar-refractivity contribution in [2.45, 2.75) is 37.2 Å². The predicted octanol–water partition coefficient (Wildman–Crippen LogP) is 4.79. The quantitative estimate of drug-likeness (QED) is 0.294. The van der Waals surface area contributed by atoms with Crippen molar-refractivity contribution in [1.82, 2.24) is 14.8 Å². The molecule has 2 heterocycles. The highest BCUT2D eigenvalue weighted by molar-refractivity contribution is 8.00. The summed E-state index contributed by atoms with van der Waals surface area (Å²) in [6.07, 6.45) is 4.10. The van der Waals surface area contributed by atoms with E-state index in [0.29, 0.717) is 29.5 Å². The van der Waals surface area contributed by atoms with Gasteiger partial charge in [-0.3, -0.25) is 9.36 Å². The number of allylic oxidation sites excluding steroid dienone is 1. The lowest BCUT2D eigenvalue weighted by Gasteiger charge is -2.14. The molecule has 0 aliphatic rings. The number of Topliss-reactive ketones (excluding diaryl/α,β-unsaturated/α-hetero) is 1. The van der Waals surface area contributed by atoms with E-state index < -0.39 is 0 Å². The molecule has 3 rings (SSSR count). The molecule has 0 saturated carbocycles. The fourth-order valence-electron chi connectivity index (χ4n) is 2.88. The van der Waals surface area contributed by atoms with E-state index in [1.807, 2.05) is 24.5 Å². The Kier molecular flexibility index (Phi) is 6.36. The summed E-state index contributed by atoms with van der Waals surface area (Å²) in [6.45, 7) is 8.26. The maximum atomic E-state index is 13.0. The average Bonchev–Trinajstić information content (AvgIpc) is 3.31. The number of carbonyl (C=O) groups is 1. The Bertz CT molecular complexity index is 960. The lowest BCUT2D eigenvalue weighted by atomic mass is 10.1. The number of benzene rings is 1. The van der Waals surface area contributed by atoms with Crippen molar-refractivity contribution in [1.29, 1.82) is 0 Å². The Labute approximate surface area is 168 Å². The first-order chi connectivity index (χ1) is 13.6. The zero-order valence-corrected chi connectivity index (χ0v) is 17.0. The molecular formula is C21H23N3O3S. The molecule has 1 aromatic carbocycles. The first-order valence-electron chi connectivity index (χ1n) is 9.02. The van der Waals surface area contributed by atoms with E-state index in [1.54, 1.807) is 43.7 Å². The highest BCUT2D eigenvalue weighted by Crippen LogP contribution is 2.31. The highest BCUT2D eigenvalue weighted by Gasteiger charge is 2.24. The number of hydrogen-bond acceptors (Lipinski definition) is 6. The van der Waals surface area contributed by atoms with E-state index in [2.05, 4.69) is 16.8 Å². The molecule has 0 radical (unpaired) electrons. The van der Waals surface area contributed by atoms with Crippen LogP contribution in [0.5, 0.6) is 5.75 Å². The van der Waals surface area contributed by atoms with Crippen LogP contribution in [-0.2, 0) is 6.54 Å². The largest absolute Gasteiger partial charge is 0.497 e. The van der Waals surface area contributed by atoms with Crippen molar-refractivity contribution in [3.05, 3.63) is 60.6 Å². The van der Waals surface area contributed by atoms with Gasteiger partial charge in [0.15, 0.2) is 16.8 Å². The minimum atomic E-state index is -0.264. The number of ketones is 1. The van der Waals surface area contributed by atoms with Gasteiger partial charge >= 0.3 is 0 Å². The zero-order valence-electron chi connectivity index (χ0n) is 16.2. The maximum absolute atomic E-state index is 13.0. The Morgan fingerprint density at radius 1 is 1.32 bits per heavy atom. The molecule has 1 atom stereocenters. The van der Waals surface area contributed by atoms with Gasteiger partial charge in [-0.15, -0.1) is 16.8 Å². The number of hydrogen-bond donors (Lipinski definition) is 0. The average molecular weight is 398 g/mol. The molecule has 0 bridgehead atoms. The number of thioether (sulfide) groups is 1. The summed E-state index contributed by atoms with van der Waals surface area (Å²) < 4.78 is 12.5. The minimum absolute atomic E-state index is 0.0596. The first kappa shape index (κ1) is 19.9. The third-order valence-corrected chi connectivity index (χ3v) is 5.76. The number of nitrogens with zero attached hydrogens (tertiary/aromatic N) is 3. The van der Waals surface area contributed by atoms with Gasteiger partial charge in [-0.2, -0.15) is 0 Å². The van der Waals surface area contributed by atoms with Crippen LogP contribution in [0, 0.1) is 6.92 Å². The monoisotopic (exact) mass is 397 g/mol. The molecule has 0 spiro atoms. The molecule has 2 aromatic heterocycles.